The predicted octanol–water partition coefficient (Wildman–Crippen LogP) is 6.99. The number of hydrogen-bond donors (Lipinski definition) is 0. The van der Waals surface area contributed by atoms with E-state index >= 15 is 0 Å². The van der Waals surface area contributed by atoms with Crippen molar-refractivity contribution >= 4 is 103 Å². The zero-order valence-electron chi connectivity index (χ0n) is 16.9. The maximum Gasteiger partial charge on any atom is 0.363 e. The minimum absolute atomic E-state index is 0.0664. The van der Waals surface area contributed by atoms with Gasteiger partial charge in [-0.05, 0) is 115 Å². The molecule has 1 heterocycles. The average molecular weight is 813 g/mol. The molecule has 4 rings (SSSR count). The second-order valence-corrected chi connectivity index (χ2v) is 11.0. The highest BCUT2D eigenvalue weighted by atomic mass is 127. The van der Waals surface area contributed by atoms with Crippen LogP contribution in [0.1, 0.15) is 16.7 Å². The summed E-state index contributed by atoms with van der Waals surface area (Å²) in [5.74, 6) is 0.0113. The zero-order valence-corrected chi connectivity index (χ0v) is 24.2. The number of esters is 1. The number of ether oxygens (including phenoxy) is 2. The molecule has 11 heteroatoms. The van der Waals surface area contributed by atoms with Gasteiger partial charge in [0, 0.05) is 15.7 Å². The molecule has 0 radical (unpaired) electrons. The third kappa shape index (κ3) is 5.88. The lowest BCUT2D eigenvalue weighted by Gasteiger charge is -2.12. The molecule has 1 aliphatic rings. The first-order chi connectivity index (χ1) is 16.2. The molecular formula is C23H12ClI3N2O5. The Balaban J connectivity index is 1.59. The van der Waals surface area contributed by atoms with Gasteiger partial charge in [-0.25, -0.2) is 9.79 Å². The standard InChI is InChI=1S/C23H12ClI3N2O5/c24-17-5-4-15(29(31)32)10-16(17)22-28-20(23(30)34-22)9-13-7-18(26)21(19(27)8-13)33-11-12-2-1-3-14(25)6-12/h1-10H,11H2/b20-9-. The summed E-state index contributed by atoms with van der Waals surface area (Å²) in [7, 11) is 0. The van der Waals surface area contributed by atoms with E-state index in [-0.39, 0.29) is 27.9 Å². The number of nitrogens with zero attached hydrogens (tertiary/aromatic N) is 2. The molecule has 0 atom stereocenters. The van der Waals surface area contributed by atoms with E-state index in [9.17, 15) is 14.9 Å². The average Bonchev–Trinajstić information content (AvgIpc) is 3.13. The summed E-state index contributed by atoms with van der Waals surface area (Å²) in [6, 6.07) is 15.7. The van der Waals surface area contributed by atoms with Gasteiger partial charge >= 0.3 is 5.97 Å². The van der Waals surface area contributed by atoms with Crippen molar-refractivity contribution in [1.82, 2.24) is 0 Å². The van der Waals surface area contributed by atoms with E-state index in [2.05, 4.69) is 78.8 Å². The Morgan fingerprint density at radius 1 is 1.09 bits per heavy atom. The first-order valence-electron chi connectivity index (χ1n) is 9.54. The number of carbonyl (C=O) groups is 1. The van der Waals surface area contributed by atoms with Crippen molar-refractivity contribution in [3.63, 3.8) is 0 Å². The van der Waals surface area contributed by atoms with Crippen molar-refractivity contribution in [1.29, 1.82) is 0 Å². The van der Waals surface area contributed by atoms with Crippen LogP contribution in [-0.2, 0) is 16.1 Å². The molecule has 7 nitrogen and oxygen atoms in total. The van der Waals surface area contributed by atoms with Gasteiger partial charge in [0.2, 0.25) is 5.90 Å². The molecule has 0 amide bonds. The van der Waals surface area contributed by atoms with E-state index in [0.717, 1.165) is 27.6 Å². The Labute approximate surface area is 240 Å². The Morgan fingerprint density at radius 3 is 2.50 bits per heavy atom. The van der Waals surface area contributed by atoms with Gasteiger partial charge in [0.15, 0.2) is 5.70 Å². The summed E-state index contributed by atoms with van der Waals surface area (Å²) < 4.78 is 14.2. The number of carbonyl (C=O) groups excluding carboxylic acids is 1. The fourth-order valence-electron chi connectivity index (χ4n) is 3.06. The van der Waals surface area contributed by atoms with E-state index in [1.165, 1.54) is 18.2 Å². The molecule has 0 unspecified atom stereocenters. The summed E-state index contributed by atoms with van der Waals surface area (Å²) in [4.78, 5) is 27.1. The Hall–Kier alpha value is -1.78. The molecule has 0 N–H and O–H groups in total. The maximum atomic E-state index is 12.4. The number of rotatable bonds is 6. The maximum absolute atomic E-state index is 12.4. The highest BCUT2D eigenvalue weighted by Crippen LogP contribution is 2.32. The van der Waals surface area contributed by atoms with Crippen LogP contribution < -0.4 is 4.74 Å². The molecule has 0 fully saturated rings. The molecule has 0 aliphatic carbocycles. The van der Waals surface area contributed by atoms with Crippen LogP contribution in [-0.4, -0.2) is 16.8 Å². The summed E-state index contributed by atoms with van der Waals surface area (Å²) in [5, 5.41) is 11.3. The van der Waals surface area contributed by atoms with E-state index in [1.807, 2.05) is 30.3 Å². The summed E-state index contributed by atoms with van der Waals surface area (Å²) in [6.07, 6.45) is 1.59. The highest BCUT2D eigenvalue weighted by Gasteiger charge is 2.27. The van der Waals surface area contributed by atoms with Gasteiger partial charge in [0.05, 0.1) is 22.6 Å². The van der Waals surface area contributed by atoms with Crippen molar-refractivity contribution < 1.29 is 19.2 Å². The van der Waals surface area contributed by atoms with Crippen molar-refractivity contribution in [2.45, 2.75) is 6.61 Å². The molecule has 0 saturated carbocycles. The van der Waals surface area contributed by atoms with Crippen molar-refractivity contribution in [2.24, 2.45) is 4.99 Å². The van der Waals surface area contributed by atoms with Crippen molar-refractivity contribution in [3.8, 4) is 5.75 Å². The summed E-state index contributed by atoms with van der Waals surface area (Å²) in [5.41, 5.74) is 1.87. The molecule has 0 saturated heterocycles. The lowest BCUT2D eigenvalue weighted by molar-refractivity contribution is -0.384. The SMILES string of the molecule is O=C1OC(c2cc([N+](=O)[O-])ccc2Cl)=N/C1=C\c1cc(I)c(OCc2cccc(I)c2)c(I)c1. The fraction of sp³-hybridized carbons (Fsp3) is 0.0435. The van der Waals surface area contributed by atoms with Crippen molar-refractivity contribution in [2.75, 3.05) is 0 Å². The van der Waals surface area contributed by atoms with E-state index in [0.29, 0.717) is 6.61 Å². The number of aliphatic imine (C=N–C) groups is 1. The smallest absolute Gasteiger partial charge is 0.363 e. The fourth-order valence-corrected chi connectivity index (χ4v) is 5.99. The quantitative estimate of drug-likeness (QED) is 0.0882. The second-order valence-electron chi connectivity index (χ2n) is 6.99. The third-order valence-corrected chi connectivity index (χ3v) is 7.21. The molecule has 3 aromatic rings. The number of non-ortho nitro benzene ring substituents is 1. The Bertz CT molecular complexity index is 1370. The van der Waals surface area contributed by atoms with Crippen LogP contribution in [0.3, 0.4) is 0 Å². The summed E-state index contributed by atoms with van der Waals surface area (Å²) in [6.45, 7) is 0.438. The highest BCUT2D eigenvalue weighted by molar-refractivity contribution is 14.1. The Kier molecular flexibility index (Phi) is 8.09. The zero-order chi connectivity index (χ0) is 24.4. The molecule has 0 aromatic heterocycles. The summed E-state index contributed by atoms with van der Waals surface area (Å²) >= 11 is 12.8. The first-order valence-corrected chi connectivity index (χ1v) is 13.2. The van der Waals surface area contributed by atoms with Gasteiger partial charge in [-0.3, -0.25) is 10.1 Å². The largest absolute Gasteiger partial charge is 0.487 e. The normalized spacial score (nSPS) is 14.2. The lowest BCUT2D eigenvalue weighted by atomic mass is 10.2. The predicted molar refractivity (Wildman–Crippen MR) is 154 cm³/mol. The topological polar surface area (TPSA) is 91.0 Å². The number of benzene rings is 3. The van der Waals surface area contributed by atoms with Gasteiger partial charge in [-0.2, -0.15) is 0 Å². The van der Waals surface area contributed by atoms with Crippen LogP contribution in [0.4, 0.5) is 5.69 Å². The molecular weight excluding hydrogens is 800 g/mol. The third-order valence-electron chi connectivity index (χ3n) is 4.61. The van der Waals surface area contributed by atoms with Crippen LogP contribution in [0.2, 0.25) is 5.02 Å². The van der Waals surface area contributed by atoms with Crippen LogP contribution >= 0.6 is 79.4 Å². The Morgan fingerprint density at radius 2 is 1.82 bits per heavy atom. The van der Waals surface area contributed by atoms with Gasteiger partial charge < -0.3 is 9.47 Å². The minimum Gasteiger partial charge on any atom is -0.487 e. The molecule has 172 valence electrons. The second kappa shape index (κ2) is 10.9. The van der Waals surface area contributed by atoms with Gasteiger partial charge in [0.25, 0.3) is 5.69 Å². The molecule has 3 aromatic carbocycles. The van der Waals surface area contributed by atoms with Crippen LogP contribution in [0.15, 0.2) is 65.3 Å². The molecule has 34 heavy (non-hydrogen) atoms. The van der Waals surface area contributed by atoms with E-state index in [1.54, 1.807) is 6.08 Å². The number of halogens is 4. The number of nitro groups is 1. The first kappa shape index (κ1) is 25.3. The van der Waals surface area contributed by atoms with Crippen LogP contribution in [0.5, 0.6) is 5.75 Å². The van der Waals surface area contributed by atoms with E-state index < -0.39 is 10.9 Å². The van der Waals surface area contributed by atoms with Gasteiger partial charge in [0.1, 0.15) is 12.4 Å². The van der Waals surface area contributed by atoms with Crippen LogP contribution in [0, 0.1) is 20.8 Å². The van der Waals surface area contributed by atoms with Gasteiger partial charge in [-0.1, -0.05) is 23.7 Å². The monoisotopic (exact) mass is 812 g/mol. The number of nitro benzene ring substituents is 1. The number of hydrogen-bond acceptors (Lipinski definition) is 6. The minimum atomic E-state index is -0.665. The van der Waals surface area contributed by atoms with Crippen LogP contribution in [0.25, 0.3) is 6.08 Å². The molecule has 0 spiro atoms. The van der Waals surface area contributed by atoms with E-state index in [4.69, 9.17) is 21.1 Å². The molecule has 0 bridgehead atoms. The van der Waals surface area contributed by atoms with Gasteiger partial charge in [-0.15, -0.1) is 0 Å². The van der Waals surface area contributed by atoms with Crippen molar-refractivity contribution in [3.05, 3.63) is 103 Å². The lowest BCUT2D eigenvalue weighted by Crippen LogP contribution is -2.06. The number of cyclic esters (lactones) is 1. The molecule has 1 aliphatic heterocycles.